The van der Waals surface area contributed by atoms with Crippen molar-refractivity contribution in [3.63, 3.8) is 0 Å². The van der Waals surface area contributed by atoms with E-state index in [-0.39, 0.29) is 5.91 Å². The van der Waals surface area contributed by atoms with Crippen molar-refractivity contribution in [3.05, 3.63) is 40.1 Å². The Balaban J connectivity index is 1.92. The lowest BCUT2D eigenvalue weighted by Crippen LogP contribution is -2.36. The smallest absolute Gasteiger partial charge is 0.219 e. The molecule has 3 heterocycles. The van der Waals surface area contributed by atoms with Crippen molar-refractivity contribution in [1.29, 1.82) is 0 Å². The van der Waals surface area contributed by atoms with Crippen molar-refractivity contribution in [3.8, 4) is 5.75 Å². The number of aryl methyl sites for hydroxylation is 2. The lowest BCUT2D eigenvalue weighted by atomic mass is 10.0. The van der Waals surface area contributed by atoms with Gasteiger partial charge in [0.15, 0.2) is 0 Å². The fourth-order valence-corrected chi connectivity index (χ4v) is 3.65. The Labute approximate surface area is 160 Å². The highest BCUT2D eigenvalue weighted by atomic mass is 16.5. The van der Waals surface area contributed by atoms with Gasteiger partial charge in [-0.25, -0.2) is 9.97 Å². The lowest BCUT2D eigenvalue weighted by molar-refractivity contribution is -0.129. The Hall–Kier alpha value is -2.70. The van der Waals surface area contributed by atoms with Crippen LogP contribution in [0.2, 0.25) is 0 Å². The zero-order valence-corrected chi connectivity index (χ0v) is 17.0. The minimum absolute atomic E-state index is 0.0818. The van der Waals surface area contributed by atoms with Crippen LogP contribution in [0.25, 0.3) is 0 Å². The van der Waals surface area contributed by atoms with Crippen LogP contribution in [0.15, 0.2) is 6.20 Å². The predicted octanol–water partition coefficient (Wildman–Crippen LogP) is 2.35. The summed E-state index contributed by atoms with van der Waals surface area (Å²) in [6.45, 7) is 9.40. The lowest BCUT2D eigenvalue weighted by Gasteiger charge is -2.31. The number of carbonyl (C=O) groups excluding carboxylic acids is 1. The molecule has 0 saturated carbocycles. The third-order valence-electron chi connectivity index (χ3n) is 5.10. The highest BCUT2D eigenvalue weighted by Gasteiger charge is 2.25. The number of anilines is 1. The van der Waals surface area contributed by atoms with E-state index in [4.69, 9.17) is 9.72 Å². The molecule has 2 aromatic rings. The molecule has 1 aliphatic heterocycles. The topological polar surface area (TPSA) is 71.5 Å². The Kier molecular flexibility index (Phi) is 5.30. The maximum absolute atomic E-state index is 11.7. The molecule has 7 heteroatoms. The SMILES string of the molecule is COc1c(C)cnc(CN(C)c2nc(C)nc3c2CCN(C(C)=O)C3)c1C. The van der Waals surface area contributed by atoms with Gasteiger partial charge in [0.25, 0.3) is 0 Å². The molecule has 0 atom stereocenters. The summed E-state index contributed by atoms with van der Waals surface area (Å²) in [7, 11) is 3.71. The first-order chi connectivity index (χ1) is 12.8. The molecule has 1 aliphatic rings. The molecule has 2 aromatic heterocycles. The molecule has 0 saturated heterocycles. The van der Waals surface area contributed by atoms with Gasteiger partial charge in [0.1, 0.15) is 17.4 Å². The molecule has 0 bridgehead atoms. The van der Waals surface area contributed by atoms with Crippen molar-refractivity contribution in [2.24, 2.45) is 0 Å². The number of rotatable bonds is 4. The molecule has 1 amide bonds. The summed E-state index contributed by atoms with van der Waals surface area (Å²) >= 11 is 0. The summed E-state index contributed by atoms with van der Waals surface area (Å²) in [6, 6.07) is 0. The van der Waals surface area contributed by atoms with E-state index >= 15 is 0 Å². The number of pyridine rings is 1. The van der Waals surface area contributed by atoms with Gasteiger partial charge in [0, 0.05) is 43.4 Å². The first-order valence-corrected chi connectivity index (χ1v) is 9.14. The summed E-state index contributed by atoms with van der Waals surface area (Å²) in [4.78, 5) is 29.6. The van der Waals surface area contributed by atoms with Crippen LogP contribution in [0.1, 0.15) is 40.8 Å². The van der Waals surface area contributed by atoms with Gasteiger partial charge in [-0.15, -0.1) is 0 Å². The van der Waals surface area contributed by atoms with Gasteiger partial charge >= 0.3 is 0 Å². The summed E-state index contributed by atoms with van der Waals surface area (Å²) in [5.74, 6) is 2.60. The molecule has 0 aliphatic carbocycles. The Morgan fingerprint density at radius 1 is 1.30 bits per heavy atom. The molecule has 144 valence electrons. The van der Waals surface area contributed by atoms with Gasteiger partial charge in [0.2, 0.25) is 5.91 Å². The van der Waals surface area contributed by atoms with Crippen LogP contribution >= 0.6 is 0 Å². The highest BCUT2D eigenvalue weighted by molar-refractivity contribution is 5.73. The third kappa shape index (κ3) is 3.72. The van der Waals surface area contributed by atoms with Crippen molar-refractivity contribution < 1.29 is 9.53 Å². The maximum Gasteiger partial charge on any atom is 0.219 e. The predicted molar refractivity (Wildman–Crippen MR) is 104 cm³/mol. The first kappa shape index (κ1) is 19.1. The molecule has 0 radical (unpaired) electrons. The van der Waals surface area contributed by atoms with Crippen molar-refractivity contribution in [1.82, 2.24) is 19.9 Å². The average molecular weight is 369 g/mol. The monoisotopic (exact) mass is 369 g/mol. The van der Waals surface area contributed by atoms with Crippen LogP contribution < -0.4 is 9.64 Å². The molecule has 27 heavy (non-hydrogen) atoms. The van der Waals surface area contributed by atoms with E-state index in [1.54, 1.807) is 14.0 Å². The molecule has 0 aromatic carbocycles. The second-order valence-corrected chi connectivity index (χ2v) is 7.11. The average Bonchev–Trinajstić information content (AvgIpc) is 2.63. The normalized spacial score (nSPS) is 13.3. The van der Waals surface area contributed by atoms with E-state index in [2.05, 4.69) is 14.9 Å². The maximum atomic E-state index is 11.7. The number of aromatic nitrogens is 3. The number of ether oxygens (including phenoxy) is 1. The Morgan fingerprint density at radius 2 is 2.04 bits per heavy atom. The molecule has 7 nitrogen and oxygen atoms in total. The quantitative estimate of drug-likeness (QED) is 0.824. The fraction of sp³-hybridized carbons (Fsp3) is 0.500. The van der Waals surface area contributed by atoms with Crippen LogP contribution in [-0.4, -0.2) is 46.5 Å². The first-order valence-electron chi connectivity index (χ1n) is 9.14. The van der Waals surface area contributed by atoms with Crippen molar-refractivity contribution in [2.75, 3.05) is 25.6 Å². The molecule has 0 fully saturated rings. The molecule has 0 spiro atoms. The number of methoxy groups -OCH3 is 1. The molecule has 3 rings (SSSR count). The zero-order chi connectivity index (χ0) is 19.7. The van der Waals surface area contributed by atoms with E-state index in [9.17, 15) is 4.79 Å². The van der Waals surface area contributed by atoms with Crippen LogP contribution in [0.5, 0.6) is 5.75 Å². The number of fused-ring (bicyclic) bond motifs is 1. The van der Waals surface area contributed by atoms with E-state index in [0.717, 1.165) is 46.1 Å². The van der Waals surface area contributed by atoms with Crippen LogP contribution in [0.3, 0.4) is 0 Å². The molecule has 0 unspecified atom stereocenters. The van der Waals surface area contributed by atoms with E-state index < -0.39 is 0 Å². The third-order valence-corrected chi connectivity index (χ3v) is 5.10. The zero-order valence-electron chi connectivity index (χ0n) is 17.0. The Morgan fingerprint density at radius 3 is 2.70 bits per heavy atom. The van der Waals surface area contributed by atoms with Gasteiger partial charge in [-0.1, -0.05) is 0 Å². The number of nitrogens with zero attached hydrogens (tertiary/aromatic N) is 5. The van der Waals surface area contributed by atoms with Crippen molar-refractivity contribution in [2.45, 2.75) is 47.2 Å². The molecular formula is C20H27N5O2. The summed E-state index contributed by atoms with van der Waals surface area (Å²) in [5, 5.41) is 0. The number of carbonyl (C=O) groups is 1. The fourth-order valence-electron chi connectivity index (χ4n) is 3.65. The summed E-state index contributed by atoms with van der Waals surface area (Å²) in [6.07, 6.45) is 2.61. The second kappa shape index (κ2) is 7.50. The minimum Gasteiger partial charge on any atom is -0.496 e. The van der Waals surface area contributed by atoms with E-state index in [1.807, 2.05) is 38.9 Å². The van der Waals surface area contributed by atoms with Crippen molar-refractivity contribution >= 4 is 11.7 Å². The van der Waals surface area contributed by atoms with Crippen LogP contribution in [0, 0.1) is 20.8 Å². The number of hydrogen-bond acceptors (Lipinski definition) is 6. The van der Waals surface area contributed by atoms with E-state index in [1.165, 1.54) is 0 Å². The van der Waals surface area contributed by atoms with E-state index in [0.29, 0.717) is 25.5 Å². The molecule has 0 N–H and O–H groups in total. The van der Waals surface area contributed by atoms with Gasteiger partial charge in [-0.2, -0.15) is 0 Å². The number of hydrogen-bond donors (Lipinski definition) is 0. The standard InChI is InChI=1S/C20H27N5O2/c1-12-9-21-17(13(2)19(12)27-6)10-24(5)20-16-7-8-25(15(4)26)11-18(16)22-14(3)23-20/h9H,7-8,10-11H2,1-6H3. The largest absolute Gasteiger partial charge is 0.496 e. The summed E-state index contributed by atoms with van der Waals surface area (Å²) < 4.78 is 5.53. The van der Waals surface area contributed by atoms with Crippen LogP contribution in [-0.2, 0) is 24.3 Å². The van der Waals surface area contributed by atoms with Gasteiger partial charge in [-0.3, -0.25) is 9.78 Å². The minimum atomic E-state index is 0.0818. The van der Waals surface area contributed by atoms with Gasteiger partial charge < -0.3 is 14.5 Å². The Bertz CT molecular complexity index is 881. The molecular weight excluding hydrogens is 342 g/mol. The van der Waals surface area contributed by atoms with Crippen LogP contribution in [0.4, 0.5) is 5.82 Å². The summed E-state index contributed by atoms with van der Waals surface area (Å²) in [5.41, 5.74) is 5.10. The second-order valence-electron chi connectivity index (χ2n) is 7.11. The van der Waals surface area contributed by atoms with Gasteiger partial charge in [0.05, 0.1) is 31.6 Å². The highest BCUT2D eigenvalue weighted by Crippen LogP contribution is 2.29. The van der Waals surface area contributed by atoms with Gasteiger partial charge in [-0.05, 0) is 27.2 Å². The number of amides is 1.